The summed E-state index contributed by atoms with van der Waals surface area (Å²) in [6.45, 7) is 14.2. The van der Waals surface area contributed by atoms with Crippen LogP contribution in [0.1, 0.15) is 121 Å². The number of likely N-dealkylation sites (N-methyl/N-ethyl adjacent to an activating group) is 1. The van der Waals surface area contributed by atoms with Gasteiger partial charge in [0.2, 0.25) is 11.8 Å². The first kappa shape index (κ1) is 48.5. The summed E-state index contributed by atoms with van der Waals surface area (Å²) in [6, 6.07) is 3.78. The highest BCUT2D eigenvalue weighted by molar-refractivity contribution is 7.09. The highest BCUT2D eigenvalue weighted by Gasteiger charge is 2.39. The number of carbonyl (C=O) groups excluding carboxylic acids is 5. The van der Waals surface area contributed by atoms with Crippen LogP contribution in [0.3, 0.4) is 0 Å². The Morgan fingerprint density at radius 1 is 1.02 bits per heavy atom. The summed E-state index contributed by atoms with van der Waals surface area (Å²) in [6.07, 6.45) is 3.85. The number of ether oxygens (including phenoxy) is 2. The number of phenolic OH excluding ortho intramolecular Hbond substituents is 1. The van der Waals surface area contributed by atoms with Crippen molar-refractivity contribution in [3.8, 4) is 5.75 Å². The van der Waals surface area contributed by atoms with E-state index in [0.29, 0.717) is 24.8 Å². The van der Waals surface area contributed by atoms with E-state index in [2.05, 4.69) is 15.6 Å². The Labute approximate surface area is 351 Å². The molecule has 326 valence electrons. The van der Waals surface area contributed by atoms with Gasteiger partial charge in [-0.1, -0.05) is 65.2 Å². The van der Waals surface area contributed by atoms with Crippen LogP contribution in [0.5, 0.6) is 5.75 Å². The van der Waals surface area contributed by atoms with E-state index in [1.807, 2.05) is 39.6 Å². The van der Waals surface area contributed by atoms with Gasteiger partial charge in [0, 0.05) is 36.9 Å². The largest absolute Gasteiger partial charge is 0.508 e. The van der Waals surface area contributed by atoms with Gasteiger partial charge in [-0.25, -0.2) is 9.78 Å². The lowest BCUT2D eigenvalue weighted by atomic mass is 9.92. The number of likely N-dealkylation sites (tertiary alicyclic amines) is 1. The molecule has 3 amide bonds. The molecule has 2 heterocycles. The third-order valence-electron chi connectivity index (χ3n) is 10.7. The van der Waals surface area contributed by atoms with E-state index in [1.165, 1.54) is 35.4 Å². The summed E-state index contributed by atoms with van der Waals surface area (Å²) < 4.78 is 11.5. The maximum atomic E-state index is 14.8. The number of hydrogen-bond donors (Lipinski definition) is 4. The molecule has 0 spiro atoms. The van der Waals surface area contributed by atoms with Crippen LogP contribution in [0.15, 0.2) is 41.3 Å². The first-order valence-corrected chi connectivity index (χ1v) is 21.3. The van der Waals surface area contributed by atoms with E-state index < -0.39 is 66.6 Å². The highest BCUT2D eigenvalue weighted by atomic mass is 32.1. The molecule has 3 rings (SSSR count). The number of aliphatic carboxylic acids is 1. The van der Waals surface area contributed by atoms with Gasteiger partial charge >= 0.3 is 17.9 Å². The fraction of sp³-hybridized carbons (Fsp3) is 0.605. The number of benzene rings is 1. The van der Waals surface area contributed by atoms with Gasteiger partial charge in [-0.15, -0.1) is 11.3 Å². The number of carbonyl (C=O) groups is 6. The minimum atomic E-state index is -1.03. The van der Waals surface area contributed by atoms with Gasteiger partial charge in [0.1, 0.15) is 22.5 Å². The molecule has 0 saturated carbocycles. The van der Waals surface area contributed by atoms with Crippen LogP contribution in [0.2, 0.25) is 0 Å². The smallest absolute Gasteiger partial charge is 0.332 e. The number of carboxylic acids is 1. The third-order valence-corrected chi connectivity index (χ3v) is 11.6. The van der Waals surface area contributed by atoms with Gasteiger partial charge in [-0.3, -0.25) is 28.9 Å². The van der Waals surface area contributed by atoms with Crippen LogP contribution in [-0.2, 0) is 39.9 Å². The SMILES string of the molecule is CC[C@H](C)[C@H](NC(=O)[C@H]1CCCCN1C)C(=O)N(COC(=O)C=C(C)C)[C@H](C[C@@H](OC(C)=O)c1nc(C(=O)N[C@@H](Cc2ccc(O)cc2)C[C@H](C)C(=O)O)cs1)C(C)C. The molecule has 15 nitrogen and oxygen atoms in total. The van der Waals surface area contributed by atoms with Gasteiger partial charge in [0.05, 0.1) is 12.0 Å². The molecule has 2 aromatic rings. The lowest BCUT2D eigenvalue weighted by molar-refractivity contribution is -0.157. The quantitative estimate of drug-likeness (QED) is 0.0686. The number of carboxylic acid groups (broad SMARTS) is 1. The number of aromatic hydroxyl groups is 1. The molecule has 7 atom stereocenters. The molecule has 0 bridgehead atoms. The summed E-state index contributed by atoms with van der Waals surface area (Å²) >= 11 is 1.09. The van der Waals surface area contributed by atoms with E-state index in [-0.39, 0.29) is 53.1 Å². The predicted molar refractivity (Wildman–Crippen MR) is 223 cm³/mol. The number of thiazole rings is 1. The highest BCUT2D eigenvalue weighted by Crippen LogP contribution is 2.32. The van der Waals surface area contributed by atoms with Crippen LogP contribution in [0.4, 0.5) is 0 Å². The molecule has 0 radical (unpaired) electrons. The van der Waals surface area contributed by atoms with Gasteiger partial charge in [0.15, 0.2) is 12.8 Å². The number of amides is 3. The number of nitrogens with one attached hydrogen (secondary N) is 2. The summed E-state index contributed by atoms with van der Waals surface area (Å²) in [7, 11) is 1.90. The van der Waals surface area contributed by atoms with Crippen molar-refractivity contribution < 1.29 is 48.5 Å². The van der Waals surface area contributed by atoms with E-state index in [9.17, 15) is 39.0 Å². The van der Waals surface area contributed by atoms with Crippen molar-refractivity contribution >= 4 is 47.0 Å². The Bertz CT molecular complexity index is 1780. The van der Waals surface area contributed by atoms with E-state index in [1.54, 1.807) is 32.9 Å². The van der Waals surface area contributed by atoms with Gasteiger partial charge < -0.3 is 35.2 Å². The molecule has 1 aliphatic rings. The fourth-order valence-corrected chi connectivity index (χ4v) is 7.91. The number of aromatic nitrogens is 1. The van der Waals surface area contributed by atoms with Crippen molar-refractivity contribution in [1.29, 1.82) is 0 Å². The molecule has 16 heteroatoms. The molecule has 1 aliphatic heterocycles. The van der Waals surface area contributed by atoms with E-state index in [4.69, 9.17) is 9.47 Å². The predicted octanol–water partition coefficient (Wildman–Crippen LogP) is 5.63. The fourth-order valence-electron chi connectivity index (χ4n) is 7.07. The second-order valence-electron chi connectivity index (χ2n) is 16.2. The lowest BCUT2D eigenvalue weighted by Gasteiger charge is -2.39. The van der Waals surface area contributed by atoms with Crippen molar-refractivity contribution in [3.63, 3.8) is 0 Å². The molecular weight excluding hydrogens is 779 g/mol. The van der Waals surface area contributed by atoms with Crippen molar-refractivity contribution in [1.82, 2.24) is 25.4 Å². The number of piperidine rings is 1. The Morgan fingerprint density at radius 2 is 1.69 bits per heavy atom. The number of allylic oxidation sites excluding steroid dienone is 1. The molecule has 0 unspecified atom stereocenters. The Morgan fingerprint density at radius 3 is 2.27 bits per heavy atom. The Balaban J connectivity index is 1.97. The molecule has 1 fully saturated rings. The zero-order valence-electron chi connectivity index (χ0n) is 35.9. The van der Waals surface area contributed by atoms with Crippen LogP contribution in [0.25, 0.3) is 0 Å². The first-order chi connectivity index (χ1) is 27.8. The first-order valence-electron chi connectivity index (χ1n) is 20.4. The zero-order valence-corrected chi connectivity index (χ0v) is 36.7. The molecule has 0 aliphatic carbocycles. The van der Waals surface area contributed by atoms with E-state index in [0.717, 1.165) is 36.3 Å². The average Bonchev–Trinajstić information content (AvgIpc) is 3.67. The zero-order chi connectivity index (χ0) is 44.0. The minimum absolute atomic E-state index is 0.0178. The summed E-state index contributed by atoms with van der Waals surface area (Å²) in [5.41, 5.74) is 1.51. The van der Waals surface area contributed by atoms with Crippen molar-refractivity contribution in [3.05, 3.63) is 57.6 Å². The third kappa shape index (κ3) is 15.1. The van der Waals surface area contributed by atoms with Crippen LogP contribution < -0.4 is 10.6 Å². The van der Waals surface area contributed by atoms with E-state index >= 15 is 0 Å². The maximum Gasteiger partial charge on any atom is 0.332 e. The normalized spacial score (nSPS) is 17.4. The maximum absolute atomic E-state index is 14.8. The summed E-state index contributed by atoms with van der Waals surface area (Å²) in [4.78, 5) is 87.3. The van der Waals surface area contributed by atoms with Crippen molar-refractivity contribution in [2.45, 2.75) is 131 Å². The summed E-state index contributed by atoms with van der Waals surface area (Å²) in [5.74, 6) is -4.80. The molecule has 4 N–H and O–H groups in total. The second-order valence-corrected chi connectivity index (χ2v) is 17.1. The van der Waals surface area contributed by atoms with Crippen LogP contribution in [-0.4, -0.2) is 105 Å². The van der Waals surface area contributed by atoms with Crippen molar-refractivity contribution in [2.24, 2.45) is 17.8 Å². The monoisotopic (exact) mass is 841 g/mol. The Hall–Kier alpha value is -4.83. The van der Waals surface area contributed by atoms with Crippen LogP contribution in [0, 0.1) is 17.8 Å². The molecule has 59 heavy (non-hydrogen) atoms. The number of rotatable bonds is 21. The number of phenols is 1. The molecule has 1 aromatic carbocycles. The van der Waals surface area contributed by atoms with Gasteiger partial charge in [0.25, 0.3) is 5.91 Å². The lowest BCUT2D eigenvalue weighted by Crippen LogP contribution is -2.59. The Kier molecular flexibility index (Phi) is 19.0. The van der Waals surface area contributed by atoms with Gasteiger partial charge in [-0.05, 0) is 82.7 Å². The number of hydrogen-bond acceptors (Lipinski definition) is 12. The molecule has 1 saturated heterocycles. The van der Waals surface area contributed by atoms with Crippen molar-refractivity contribution in [2.75, 3.05) is 20.3 Å². The van der Waals surface area contributed by atoms with Gasteiger partial charge in [-0.2, -0.15) is 0 Å². The number of nitrogens with zero attached hydrogens (tertiary/aromatic N) is 3. The average molecular weight is 842 g/mol. The molecule has 1 aromatic heterocycles. The summed E-state index contributed by atoms with van der Waals surface area (Å²) in [5, 5.41) is 27.1. The topological polar surface area (TPSA) is 205 Å². The number of esters is 2. The standard InChI is InChI=1S/C43H63N5O10S/c1-10-27(6)38(46-40(53)34-13-11-12-18-47(34)9)42(54)48(24-57-37(51)19-25(2)3)35(26(4)5)22-36(58-29(8)49)41-45-33(23-59-41)39(52)44-31(20-28(7)43(55)56)21-30-14-16-32(50)17-15-30/h14-17,19,23,26-28,31,34-36,38,50H,10-13,18,20-22,24H2,1-9H3,(H,44,52)(H,46,53)(H,55,56)/t27-,28-,31+,34+,35+,36+,38-/m0/s1. The minimum Gasteiger partial charge on any atom is -0.508 e. The van der Waals surface area contributed by atoms with Crippen LogP contribution >= 0.6 is 11.3 Å². The second kappa shape index (κ2) is 23.1. The molecular formula is C43H63N5O10S.